The smallest absolute Gasteiger partial charge is 0.416 e. The normalized spacial score (nSPS) is 16.6. The molecule has 0 spiro atoms. The summed E-state index contributed by atoms with van der Waals surface area (Å²) in [7, 11) is 1.32. The van der Waals surface area contributed by atoms with E-state index in [1.165, 1.54) is 13.2 Å². The summed E-state index contributed by atoms with van der Waals surface area (Å²) in [6.45, 7) is 3.64. The topological polar surface area (TPSA) is 47.6 Å². The molecular weight excluding hydrogens is 395 g/mol. The number of para-hydroxylation sites is 1. The maximum absolute atomic E-state index is 13.0. The zero-order valence-electron chi connectivity index (χ0n) is 16.8. The third-order valence-corrected chi connectivity index (χ3v) is 4.82. The van der Waals surface area contributed by atoms with E-state index in [4.69, 9.17) is 9.47 Å². The minimum Gasteiger partial charge on any atom is -0.489 e. The van der Waals surface area contributed by atoms with Crippen molar-refractivity contribution in [3.8, 4) is 5.75 Å². The van der Waals surface area contributed by atoms with E-state index in [0.717, 1.165) is 23.4 Å². The summed E-state index contributed by atoms with van der Waals surface area (Å²) in [5.74, 6) is -0.377. The number of rotatable bonds is 5. The maximum atomic E-state index is 13.0. The molecule has 1 unspecified atom stereocenters. The fourth-order valence-electron chi connectivity index (χ4n) is 3.47. The van der Waals surface area contributed by atoms with Crippen molar-refractivity contribution in [3.05, 3.63) is 88.3 Å². The van der Waals surface area contributed by atoms with E-state index in [-0.39, 0.29) is 6.61 Å². The highest BCUT2D eigenvalue weighted by Crippen LogP contribution is 2.38. The highest BCUT2D eigenvalue weighted by molar-refractivity contribution is 5.92. The number of dihydropyridines is 1. The second-order valence-corrected chi connectivity index (χ2v) is 7.01. The molecule has 0 saturated carbocycles. The lowest BCUT2D eigenvalue weighted by Gasteiger charge is -2.26. The number of allylic oxidation sites excluding steroid dienone is 3. The van der Waals surface area contributed by atoms with Crippen LogP contribution in [0.4, 0.5) is 13.2 Å². The molecule has 0 aromatic heterocycles. The summed E-state index contributed by atoms with van der Waals surface area (Å²) in [5.41, 5.74) is 2.41. The first-order valence-electron chi connectivity index (χ1n) is 9.33. The van der Waals surface area contributed by atoms with Crippen LogP contribution in [-0.4, -0.2) is 13.1 Å². The number of carbonyl (C=O) groups excluding carboxylic acids is 1. The highest BCUT2D eigenvalue weighted by Gasteiger charge is 2.31. The van der Waals surface area contributed by atoms with Gasteiger partial charge >= 0.3 is 12.1 Å². The molecule has 4 nitrogen and oxygen atoms in total. The van der Waals surface area contributed by atoms with Crippen LogP contribution in [0, 0.1) is 0 Å². The van der Waals surface area contributed by atoms with Crippen molar-refractivity contribution in [1.82, 2.24) is 5.32 Å². The number of esters is 1. The van der Waals surface area contributed by atoms with Crippen LogP contribution < -0.4 is 10.1 Å². The maximum Gasteiger partial charge on any atom is 0.416 e. The van der Waals surface area contributed by atoms with Crippen molar-refractivity contribution in [1.29, 1.82) is 0 Å². The van der Waals surface area contributed by atoms with Gasteiger partial charge in [0.25, 0.3) is 0 Å². The molecule has 1 aliphatic rings. The average molecular weight is 417 g/mol. The van der Waals surface area contributed by atoms with Gasteiger partial charge in [-0.1, -0.05) is 36.4 Å². The molecule has 0 saturated heterocycles. The summed E-state index contributed by atoms with van der Waals surface area (Å²) in [6, 6.07) is 12.2. The summed E-state index contributed by atoms with van der Waals surface area (Å²) >= 11 is 0. The molecule has 0 radical (unpaired) electrons. The Morgan fingerprint density at radius 2 is 1.83 bits per heavy atom. The number of hydrogen-bond donors (Lipinski definition) is 1. The lowest BCUT2D eigenvalue weighted by atomic mass is 9.86. The van der Waals surface area contributed by atoms with E-state index in [1.54, 1.807) is 25.1 Å². The Labute approximate surface area is 173 Å². The lowest BCUT2D eigenvalue weighted by molar-refractivity contribution is -0.138. The van der Waals surface area contributed by atoms with Gasteiger partial charge in [0.05, 0.1) is 18.2 Å². The SMILES string of the molecule is COC(=O)C1=C(C)NC(C)=CC1c1ccccc1OCc1cccc(C(F)(F)F)c1. The molecule has 0 fully saturated rings. The van der Waals surface area contributed by atoms with Gasteiger partial charge in [0.15, 0.2) is 0 Å². The van der Waals surface area contributed by atoms with Crippen molar-refractivity contribution in [2.75, 3.05) is 7.11 Å². The summed E-state index contributed by atoms with van der Waals surface area (Å²) in [4.78, 5) is 12.4. The molecule has 1 atom stereocenters. The minimum absolute atomic E-state index is 0.0369. The molecule has 3 rings (SSSR count). The van der Waals surface area contributed by atoms with E-state index >= 15 is 0 Å². The number of ether oxygens (including phenoxy) is 2. The Kier molecular flexibility index (Phi) is 6.20. The molecular formula is C23H22F3NO3. The van der Waals surface area contributed by atoms with Gasteiger partial charge in [-0.2, -0.15) is 13.2 Å². The van der Waals surface area contributed by atoms with Gasteiger partial charge in [-0.15, -0.1) is 0 Å². The molecule has 0 bridgehead atoms. The fraction of sp³-hybridized carbons (Fsp3) is 0.261. The zero-order valence-corrected chi connectivity index (χ0v) is 16.8. The number of hydrogen-bond acceptors (Lipinski definition) is 4. The number of benzene rings is 2. The molecule has 0 amide bonds. The Bertz CT molecular complexity index is 1010. The van der Waals surface area contributed by atoms with Crippen LogP contribution in [0.5, 0.6) is 5.75 Å². The lowest BCUT2D eigenvalue weighted by Crippen LogP contribution is -2.25. The van der Waals surface area contributed by atoms with Gasteiger partial charge in [0.2, 0.25) is 0 Å². The van der Waals surface area contributed by atoms with Crippen LogP contribution in [-0.2, 0) is 22.3 Å². The van der Waals surface area contributed by atoms with E-state index in [9.17, 15) is 18.0 Å². The molecule has 7 heteroatoms. The Hall–Kier alpha value is -3.22. The molecule has 1 aliphatic heterocycles. The van der Waals surface area contributed by atoms with Gasteiger partial charge in [-0.3, -0.25) is 0 Å². The standard InChI is InChI=1S/C23H22F3NO3/c1-14-11-19(21(15(2)27-14)22(28)29-3)18-9-4-5-10-20(18)30-13-16-7-6-8-17(12-16)23(24,25)26/h4-12,19,27H,13H2,1-3H3. The van der Waals surface area contributed by atoms with Crippen molar-refractivity contribution in [3.63, 3.8) is 0 Å². The van der Waals surface area contributed by atoms with Crippen LogP contribution in [0.3, 0.4) is 0 Å². The number of halogens is 3. The van der Waals surface area contributed by atoms with Gasteiger partial charge in [-0.25, -0.2) is 4.79 Å². The number of alkyl halides is 3. The molecule has 2 aromatic rings. The average Bonchev–Trinajstić information content (AvgIpc) is 2.71. The van der Waals surface area contributed by atoms with Crippen molar-refractivity contribution < 1.29 is 27.4 Å². The third kappa shape index (κ3) is 4.67. The molecule has 1 heterocycles. The first kappa shape index (κ1) is 21.5. The molecule has 30 heavy (non-hydrogen) atoms. The van der Waals surface area contributed by atoms with Gasteiger partial charge in [-0.05, 0) is 37.6 Å². The largest absolute Gasteiger partial charge is 0.489 e. The van der Waals surface area contributed by atoms with E-state index < -0.39 is 23.6 Å². The molecule has 1 N–H and O–H groups in total. The highest BCUT2D eigenvalue weighted by atomic mass is 19.4. The predicted molar refractivity (Wildman–Crippen MR) is 107 cm³/mol. The van der Waals surface area contributed by atoms with Crippen molar-refractivity contribution in [2.24, 2.45) is 0 Å². The third-order valence-electron chi connectivity index (χ3n) is 4.82. The second-order valence-electron chi connectivity index (χ2n) is 7.01. The predicted octanol–water partition coefficient (Wildman–Crippen LogP) is 5.32. The quantitative estimate of drug-likeness (QED) is 0.669. The number of carbonyl (C=O) groups is 1. The van der Waals surface area contributed by atoms with E-state index in [2.05, 4.69) is 5.32 Å². The van der Waals surface area contributed by atoms with Crippen LogP contribution in [0.25, 0.3) is 0 Å². The molecule has 0 aliphatic carbocycles. The van der Waals surface area contributed by atoms with Gasteiger partial charge in [0.1, 0.15) is 12.4 Å². The van der Waals surface area contributed by atoms with Crippen LogP contribution in [0.2, 0.25) is 0 Å². The van der Waals surface area contributed by atoms with Crippen LogP contribution >= 0.6 is 0 Å². The first-order chi connectivity index (χ1) is 14.2. The minimum atomic E-state index is -4.41. The summed E-state index contributed by atoms with van der Waals surface area (Å²) < 4.78 is 49.7. The fourth-order valence-corrected chi connectivity index (χ4v) is 3.47. The van der Waals surface area contributed by atoms with E-state index in [0.29, 0.717) is 22.6 Å². The van der Waals surface area contributed by atoms with Crippen molar-refractivity contribution >= 4 is 5.97 Å². The van der Waals surface area contributed by atoms with Gasteiger partial charge in [0, 0.05) is 22.9 Å². The van der Waals surface area contributed by atoms with Crippen molar-refractivity contribution in [2.45, 2.75) is 32.5 Å². The Morgan fingerprint density at radius 1 is 1.10 bits per heavy atom. The molecule has 158 valence electrons. The van der Waals surface area contributed by atoms with Crippen LogP contribution in [0.15, 0.2) is 71.6 Å². The number of methoxy groups -OCH3 is 1. The summed E-state index contributed by atoms with van der Waals surface area (Å²) in [5, 5.41) is 3.13. The summed E-state index contributed by atoms with van der Waals surface area (Å²) in [6.07, 6.45) is -2.52. The monoisotopic (exact) mass is 417 g/mol. The Morgan fingerprint density at radius 3 is 2.53 bits per heavy atom. The van der Waals surface area contributed by atoms with Gasteiger partial charge < -0.3 is 14.8 Å². The first-order valence-corrected chi connectivity index (χ1v) is 9.33. The van der Waals surface area contributed by atoms with E-state index in [1.807, 2.05) is 25.1 Å². The number of nitrogens with one attached hydrogen (secondary N) is 1. The second kappa shape index (κ2) is 8.65. The molecule has 2 aromatic carbocycles. The zero-order chi connectivity index (χ0) is 21.9. The van der Waals surface area contributed by atoms with Crippen LogP contribution in [0.1, 0.15) is 36.5 Å². The Balaban J connectivity index is 1.91.